The Kier molecular flexibility index (Phi) is 4.93. The Balaban J connectivity index is 1.57. The molecule has 0 spiro atoms. The van der Waals surface area contributed by atoms with Gasteiger partial charge in [0.15, 0.2) is 5.82 Å². The standard InChI is InChI=1S/C18H21N3O3/c1-13-12-16(20-24-13)19-18(23)15-8-5-11-21(15)17(22)10-9-14-6-3-2-4-7-14/h2-4,6-7,12,15H,5,8-11H2,1H3,(H,19,20,23). The number of anilines is 1. The van der Waals surface area contributed by atoms with Gasteiger partial charge in [0.2, 0.25) is 11.8 Å². The van der Waals surface area contributed by atoms with Crippen LogP contribution in [0.5, 0.6) is 0 Å². The molecule has 1 unspecified atom stereocenters. The second-order valence-electron chi connectivity index (χ2n) is 6.04. The minimum absolute atomic E-state index is 0.0211. The van der Waals surface area contributed by atoms with Gasteiger partial charge in [0.25, 0.3) is 0 Å². The highest BCUT2D eigenvalue weighted by molar-refractivity contribution is 5.96. The monoisotopic (exact) mass is 327 g/mol. The first-order valence-electron chi connectivity index (χ1n) is 8.21. The molecular formula is C18H21N3O3. The molecule has 24 heavy (non-hydrogen) atoms. The fourth-order valence-electron chi connectivity index (χ4n) is 3.01. The van der Waals surface area contributed by atoms with Crippen molar-refractivity contribution in [3.63, 3.8) is 0 Å². The fourth-order valence-corrected chi connectivity index (χ4v) is 3.01. The van der Waals surface area contributed by atoms with Crippen molar-refractivity contribution in [3.05, 3.63) is 47.7 Å². The maximum absolute atomic E-state index is 12.5. The van der Waals surface area contributed by atoms with Gasteiger partial charge in [-0.1, -0.05) is 35.5 Å². The molecule has 0 aliphatic carbocycles. The molecule has 1 fully saturated rings. The van der Waals surface area contributed by atoms with E-state index in [1.54, 1.807) is 17.9 Å². The second-order valence-corrected chi connectivity index (χ2v) is 6.04. The van der Waals surface area contributed by atoms with Gasteiger partial charge < -0.3 is 14.7 Å². The summed E-state index contributed by atoms with van der Waals surface area (Å²) in [5.74, 6) is 0.843. The van der Waals surface area contributed by atoms with E-state index in [0.29, 0.717) is 37.4 Å². The fraction of sp³-hybridized carbons (Fsp3) is 0.389. The molecule has 1 saturated heterocycles. The van der Waals surface area contributed by atoms with E-state index in [2.05, 4.69) is 10.5 Å². The molecule has 3 rings (SSSR count). The minimum Gasteiger partial charge on any atom is -0.360 e. The molecular weight excluding hydrogens is 306 g/mol. The first-order valence-corrected chi connectivity index (χ1v) is 8.21. The van der Waals surface area contributed by atoms with Crippen molar-refractivity contribution in [1.82, 2.24) is 10.1 Å². The molecule has 2 aromatic rings. The highest BCUT2D eigenvalue weighted by Crippen LogP contribution is 2.21. The number of hydrogen-bond donors (Lipinski definition) is 1. The number of hydrogen-bond acceptors (Lipinski definition) is 4. The Morgan fingerprint density at radius 1 is 1.33 bits per heavy atom. The van der Waals surface area contributed by atoms with Crippen molar-refractivity contribution < 1.29 is 14.1 Å². The van der Waals surface area contributed by atoms with Crippen LogP contribution >= 0.6 is 0 Å². The van der Waals surface area contributed by atoms with E-state index in [1.165, 1.54) is 0 Å². The Morgan fingerprint density at radius 2 is 2.12 bits per heavy atom. The Bertz CT molecular complexity index is 711. The molecule has 2 amide bonds. The summed E-state index contributed by atoms with van der Waals surface area (Å²) in [7, 11) is 0. The van der Waals surface area contributed by atoms with Crippen molar-refractivity contribution >= 4 is 17.6 Å². The number of carbonyl (C=O) groups excluding carboxylic acids is 2. The predicted octanol–water partition coefficient (Wildman–Crippen LogP) is 2.55. The average Bonchev–Trinajstić information content (AvgIpc) is 3.22. The van der Waals surface area contributed by atoms with Crippen molar-refractivity contribution in [2.75, 3.05) is 11.9 Å². The quantitative estimate of drug-likeness (QED) is 0.916. The molecule has 126 valence electrons. The molecule has 1 atom stereocenters. The summed E-state index contributed by atoms with van der Waals surface area (Å²) in [5, 5.41) is 6.49. The number of nitrogens with one attached hydrogen (secondary N) is 1. The lowest BCUT2D eigenvalue weighted by molar-refractivity contribution is -0.136. The number of aromatic nitrogens is 1. The van der Waals surface area contributed by atoms with Crippen molar-refractivity contribution in [2.45, 2.75) is 38.6 Å². The summed E-state index contributed by atoms with van der Waals surface area (Å²) in [6.07, 6.45) is 2.62. The van der Waals surface area contributed by atoms with Crippen LogP contribution in [0.1, 0.15) is 30.6 Å². The summed E-state index contributed by atoms with van der Waals surface area (Å²) in [6, 6.07) is 11.1. The zero-order valence-corrected chi connectivity index (χ0v) is 13.7. The first kappa shape index (κ1) is 16.2. The van der Waals surface area contributed by atoms with Crippen molar-refractivity contribution in [1.29, 1.82) is 0 Å². The van der Waals surface area contributed by atoms with E-state index in [0.717, 1.165) is 12.0 Å². The Morgan fingerprint density at radius 3 is 2.83 bits per heavy atom. The normalized spacial score (nSPS) is 17.0. The van der Waals surface area contributed by atoms with Crippen LogP contribution in [0.3, 0.4) is 0 Å². The van der Waals surface area contributed by atoms with Gasteiger partial charge in [-0.15, -0.1) is 0 Å². The molecule has 2 heterocycles. The van der Waals surface area contributed by atoms with Crippen LogP contribution in [0.4, 0.5) is 5.82 Å². The summed E-state index contributed by atoms with van der Waals surface area (Å²) in [5.41, 5.74) is 1.13. The molecule has 0 radical (unpaired) electrons. The third kappa shape index (κ3) is 3.82. The molecule has 1 aliphatic rings. The number of likely N-dealkylation sites (tertiary alicyclic amines) is 1. The van der Waals surface area contributed by atoms with Gasteiger partial charge in [-0.25, -0.2) is 0 Å². The van der Waals surface area contributed by atoms with Gasteiger partial charge >= 0.3 is 0 Å². The predicted molar refractivity (Wildman–Crippen MR) is 89.4 cm³/mol. The zero-order chi connectivity index (χ0) is 16.9. The van der Waals surface area contributed by atoms with Crippen LogP contribution in [0.15, 0.2) is 40.9 Å². The third-order valence-electron chi connectivity index (χ3n) is 4.23. The largest absolute Gasteiger partial charge is 0.360 e. The highest BCUT2D eigenvalue weighted by atomic mass is 16.5. The number of amides is 2. The van der Waals surface area contributed by atoms with Crippen LogP contribution in [0.25, 0.3) is 0 Å². The lowest BCUT2D eigenvalue weighted by Gasteiger charge is -2.23. The van der Waals surface area contributed by atoms with Gasteiger partial charge in [-0.3, -0.25) is 9.59 Å². The Labute approximate surface area is 140 Å². The number of aryl methyl sites for hydroxylation is 2. The molecule has 0 saturated carbocycles. The number of nitrogens with zero attached hydrogens (tertiary/aromatic N) is 2. The van der Waals surface area contributed by atoms with E-state index in [4.69, 9.17) is 4.52 Å². The molecule has 6 heteroatoms. The van der Waals surface area contributed by atoms with Crippen LogP contribution < -0.4 is 5.32 Å². The zero-order valence-electron chi connectivity index (χ0n) is 13.7. The minimum atomic E-state index is -0.426. The first-order chi connectivity index (χ1) is 11.6. The average molecular weight is 327 g/mol. The van der Waals surface area contributed by atoms with Crippen LogP contribution in [-0.2, 0) is 16.0 Å². The lowest BCUT2D eigenvalue weighted by Crippen LogP contribution is -2.43. The van der Waals surface area contributed by atoms with Crippen LogP contribution in [0, 0.1) is 6.92 Å². The van der Waals surface area contributed by atoms with E-state index in [1.807, 2.05) is 30.3 Å². The van der Waals surface area contributed by atoms with E-state index < -0.39 is 6.04 Å². The summed E-state index contributed by atoms with van der Waals surface area (Å²) < 4.78 is 4.94. The van der Waals surface area contributed by atoms with Crippen LogP contribution in [0.2, 0.25) is 0 Å². The van der Waals surface area contributed by atoms with Gasteiger partial charge in [0.1, 0.15) is 11.8 Å². The number of benzene rings is 1. The van der Waals surface area contributed by atoms with Gasteiger partial charge in [-0.2, -0.15) is 0 Å². The SMILES string of the molecule is Cc1cc(NC(=O)C2CCCN2C(=O)CCc2ccccc2)no1. The summed E-state index contributed by atoms with van der Waals surface area (Å²) >= 11 is 0. The van der Waals surface area contributed by atoms with Crippen molar-refractivity contribution in [3.8, 4) is 0 Å². The van der Waals surface area contributed by atoms with E-state index in [-0.39, 0.29) is 11.8 Å². The summed E-state index contributed by atoms with van der Waals surface area (Å²) in [6.45, 7) is 2.39. The maximum atomic E-state index is 12.5. The number of carbonyl (C=O) groups is 2. The molecule has 1 N–H and O–H groups in total. The lowest BCUT2D eigenvalue weighted by atomic mass is 10.1. The molecule has 1 aromatic carbocycles. The number of rotatable bonds is 5. The van der Waals surface area contributed by atoms with Crippen molar-refractivity contribution in [2.24, 2.45) is 0 Å². The van der Waals surface area contributed by atoms with Gasteiger partial charge in [0, 0.05) is 19.0 Å². The Hall–Kier alpha value is -2.63. The van der Waals surface area contributed by atoms with Gasteiger partial charge in [-0.05, 0) is 31.7 Å². The smallest absolute Gasteiger partial charge is 0.248 e. The van der Waals surface area contributed by atoms with E-state index >= 15 is 0 Å². The third-order valence-corrected chi connectivity index (χ3v) is 4.23. The van der Waals surface area contributed by atoms with E-state index in [9.17, 15) is 9.59 Å². The summed E-state index contributed by atoms with van der Waals surface area (Å²) in [4.78, 5) is 26.6. The topological polar surface area (TPSA) is 75.4 Å². The maximum Gasteiger partial charge on any atom is 0.248 e. The van der Waals surface area contributed by atoms with Crippen LogP contribution in [-0.4, -0.2) is 34.5 Å². The highest BCUT2D eigenvalue weighted by Gasteiger charge is 2.34. The second kappa shape index (κ2) is 7.29. The molecule has 1 aromatic heterocycles. The van der Waals surface area contributed by atoms with Gasteiger partial charge in [0.05, 0.1) is 0 Å². The molecule has 1 aliphatic heterocycles. The molecule has 0 bridgehead atoms. The molecule has 6 nitrogen and oxygen atoms in total.